The maximum atomic E-state index is 12.7. The molecule has 2 rings (SSSR count). The molecule has 11 heteroatoms. The largest absolute Gasteiger partial charge is 0.497 e. The van der Waals surface area contributed by atoms with E-state index in [1.165, 1.54) is 20.3 Å². The van der Waals surface area contributed by atoms with E-state index in [1.807, 2.05) is 12.1 Å². The van der Waals surface area contributed by atoms with E-state index in [0.29, 0.717) is 41.1 Å². The lowest BCUT2D eigenvalue weighted by Crippen LogP contribution is -2.36. The fourth-order valence-electron chi connectivity index (χ4n) is 2.85. The third-order valence-electron chi connectivity index (χ3n) is 4.34. The first-order valence-electron chi connectivity index (χ1n) is 9.30. The molecule has 8 nitrogen and oxygen atoms in total. The predicted molar refractivity (Wildman–Crippen MR) is 128 cm³/mol. The minimum atomic E-state index is -2.93. The summed E-state index contributed by atoms with van der Waals surface area (Å²) in [6, 6.07) is 8.25. The summed E-state index contributed by atoms with van der Waals surface area (Å²) in [6.45, 7) is -2.34. The number of benzene rings is 2. The number of rotatable bonds is 10. The number of hydrogen-bond acceptors (Lipinski definition) is 6. The molecule has 0 aliphatic carbocycles. The minimum Gasteiger partial charge on any atom is -0.497 e. The van der Waals surface area contributed by atoms with Crippen LogP contribution in [-0.4, -0.2) is 48.1 Å². The molecule has 0 saturated carbocycles. The molecule has 178 valence electrons. The summed E-state index contributed by atoms with van der Waals surface area (Å²) in [6.07, 6.45) is 0. The van der Waals surface area contributed by atoms with Gasteiger partial charge in [0.1, 0.15) is 11.5 Å². The van der Waals surface area contributed by atoms with Crippen molar-refractivity contribution >= 4 is 29.9 Å². The van der Waals surface area contributed by atoms with E-state index in [0.717, 1.165) is 5.56 Å². The molecule has 2 N–H and O–H groups in total. The zero-order valence-electron chi connectivity index (χ0n) is 18.5. The van der Waals surface area contributed by atoms with Gasteiger partial charge >= 0.3 is 6.61 Å². The van der Waals surface area contributed by atoms with Gasteiger partial charge in [0.25, 0.3) is 0 Å². The lowest BCUT2D eigenvalue weighted by Gasteiger charge is -2.17. The number of alkyl halides is 2. The highest BCUT2D eigenvalue weighted by Crippen LogP contribution is 2.38. The van der Waals surface area contributed by atoms with Crippen LogP contribution in [-0.2, 0) is 13.1 Å². The summed E-state index contributed by atoms with van der Waals surface area (Å²) in [5.41, 5.74) is 1.36. The zero-order valence-corrected chi connectivity index (χ0v) is 20.9. The first-order chi connectivity index (χ1) is 14.9. The maximum absolute atomic E-state index is 12.7. The van der Waals surface area contributed by atoms with Crippen LogP contribution >= 0.6 is 24.0 Å². The minimum absolute atomic E-state index is 0. The Balaban J connectivity index is 0.00000512. The van der Waals surface area contributed by atoms with Crippen molar-refractivity contribution in [2.24, 2.45) is 4.99 Å². The van der Waals surface area contributed by atoms with Gasteiger partial charge in [-0.15, -0.1) is 24.0 Å². The number of hydrogen-bond donors (Lipinski definition) is 2. The van der Waals surface area contributed by atoms with Gasteiger partial charge in [-0.1, -0.05) is 0 Å². The molecule has 0 bridgehead atoms. The Morgan fingerprint density at radius 2 is 1.50 bits per heavy atom. The van der Waals surface area contributed by atoms with Gasteiger partial charge in [0.15, 0.2) is 17.5 Å². The quantitative estimate of drug-likeness (QED) is 0.257. The molecule has 2 aromatic carbocycles. The Morgan fingerprint density at radius 3 is 2.00 bits per heavy atom. The highest BCUT2D eigenvalue weighted by molar-refractivity contribution is 14.0. The van der Waals surface area contributed by atoms with Crippen LogP contribution < -0.4 is 34.3 Å². The number of ether oxygens (including phenoxy) is 5. The van der Waals surface area contributed by atoms with Crippen LogP contribution in [0.15, 0.2) is 35.3 Å². The van der Waals surface area contributed by atoms with Crippen molar-refractivity contribution in [3.05, 3.63) is 41.5 Å². The number of nitrogens with one attached hydrogen (secondary N) is 2. The molecular weight excluding hydrogens is 539 g/mol. The lowest BCUT2D eigenvalue weighted by molar-refractivity contribution is -0.0505. The Morgan fingerprint density at radius 1 is 0.875 bits per heavy atom. The van der Waals surface area contributed by atoms with E-state index in [2.05, 4.69) is 20.4 Å². The van der Waals surface area contributed by atoms with Crippen molar-refractivity contribution in [3.63, 3.8) is 0 Å². The van der Waals surface area contributed by atoms with Crippen LogP contribution in [0.3, 0.4) is 0 Å². The average Bonchev–Trinajstić information content (AvgIpc) is 2.78. The van der Waals surface area contributed by atoms with Crippen molar-refractivity contribution in [3.8, 4) is 28.7 Å². The summed E-state index contributed by atoms with van der Waals surface area (Å²) in [7, 11) is 7.73. The molecular formula is C21H28F2IN3O5. The van der Waals surface area contributed by atoms with Gasteiger partial charge in [-0.2, -0.15) is 8.78 Å². The molecule has 0 aliphatic rings. The van der Waals surface area contributed by atoms with E-state index in [1.54, 1.807) is 33.4 Å². The predicted octanol–water partition coefficient (Wildman–Crippen LogP) is 3.81. The highest BCUT2D eigenvalue weighted by Gasteiger charge is 2.14. The van der Waals surface area contributed by atoms with E-state index < -0.39 is 6.61 Å². The summed E-state index contributed by atoms with van der Waals surface area (Å²) in [4.78, 5) is 4.16. The Hall–Kier alpha value is -2.70. The van der Waals surface area contributed by atoms with Crippen LogP contribution in [0.5, 0.6) is 28.7 Å². The summed E-state index contributed by atoms with van der Waals surface area (Å²) in [5, 5.41) is 6.22. The van der Waals surface area contributed by atoms with Gasteiger partial charge in [-0.25, -0.2) is 0 Å². The monoisotopic (exact) mass is 567 g/mol. The van der Waals surface area contributed by atoms with E-state index >= 15 is 0 Å². The van der Waals surface area contributed by atoms with Crippen LogP contribution in [0, 0.1) is 0 Å². The molecule has 0 radical (unpaired) electrons. The second kappa shape index (κ2) is 13.7. The van der Waals surface area contributed by atoms with Gasteiger partial charge in [-0.05, 0) is 35.9 Å². The topological polar surface area (TPSA) is 82.6 Å². The zero-order chi connectivity index (χ0) is 22.8. The van der Waals surface area contributed by atoms with Crippen molar-refractivity contribution in [2.75, 3.05) is 35.5 Å². The number of guanidine groups is 1. The Kier molecular flexibility index (Phi) is 11.7. The summed E-state index contributed by atoms with van der Waals surface area (Å²) < 4.78 is 51.2. The summed E-state index contributed by atoms with van der Waals surface area (Å²) in [5.74, 6) is 2.61. The van der Waals surface area contributed by atoms with E-state index in [9.17, 15) is 8.78 Å². The fraction of sp³-hybridized carbons (Fsp3) is 0.381. The molecule has 0 amide bonds. The van der Waals surface area contributed by atoms with Crippen molar-refractivity contribution in [1.29, 1.82) is 0 Å². The van der Waals surface area contributed by atoms with Crippen molar-refractivity contribution < 1.29 is 32.5 Å². The average molecular weight is 567 g/mol. The van der Waals surface area contributed by atoms with Crippen LogP contribution in [0.4, 0.5) is 8.78 Å². The lowest BCUT2D eigenvalue weighted by atomic mass is 10.1. The second-order valence-electron chi connectivity index (χ2n) is 6.17. The number of halogens is 3. The standard InChI is InChI=1S/C21H27F2N3O5.HI/c1-24-21(25-11-13-8-17(28-3)19(30-5)18(9-13)29-4)26-12-14-10-15(27-2)6-7-16(14)31-20(22)23;/h6-10,20H,11-12H2,1-5H3,(H2,24,25,26);1H. The first-order valence-corrected chi connectivity index (χ1v) is 9.30. The summed E-state index contributed by atoms with van der Waals surface area (Å²) >= 11 is 0. The second-order valence-corrected chi connectivity index (χ2v) is 6.17. The molecule has 0 spiro atoms. The van der Waals surface area contributed by atoms with Gasteiger partial charge < -0.3 is 34.3 Å². The highest BCUT2D eigenvalue weighted by atomic mass is 127. The van der Waals surface area contributed by atoms with E-state index in [-0.39, 0.29) is 36.3 Å². The van der Waals surface area contributed by atoms with Gasteiger partial charge in [0, 0.05) is 25.7 Å². The third kappa shape index (κ3) is 7.46. The Bertz CT molecular complexity index is 875. The van der Waals surface area contributed by atoms with Crippen LogP contribution in [0.1, 0.15) is 11.1 Å². The number of aliphatic imine (C=N–C) groups is 1. The Labute approximate surface area is 203 Å². The van der Waals surface area contributed by atoms with Gasteiger partial charge in [0.05, 0.1) is 28.4 Å². The van der Waals surface area contributed by atoms with Crippen LogP contribution in [0.2, 0.25) is 0 Å². The fourth-order valence-corrected chi connectivity index (χ4v) is 2.85. The molecule has 0 heterocycles. The van der Waals surface area contributed by atoms with Gasteiger partial charge in [-0.3, -0.25) is 4.99 Å². The number of nitrogens with zero attached hydrogens (tertiary/aromatic N) is 1. The molecule has 32 heavy (non-hydrogen) atoms. The molecule has 0 unspecified atom stereocenters. The normalized spacial score (nSPS) is 10.8. The molecule has 0 saturated heterocycles. The van der Waals surface area contributed by atoms with Crippen molar-refractivity contribution in [1.82, 2.24) is 10.6 Å². The number of methoxy groups -OCH3 is 4. The molecule has 2 aromatic rings. The third-order valence-corrected chi connectivity index (χ3v) is 4.34. The first kappa shape index (κ1) is 27.3. The van der Waals surface area contributed by atoms with E-state index in [4.69, 9.17) is 18.9 Å². The molecule has 0 fully saturated rings. The smallest absolute Gasteiger partial charge is 0.387 e. The molecule has 0 aromatic heterocycles. The maximum Gasteiger partial charge on any atom is 0.387 e. The van der Waals surface area contributed by atoms with Crippen LogP contribution in [0.25, 0.3) is 0 Å². The molecule has 0 atom stereocenters. The van der Waals surface area contributed by atoms with Gasteiger partial charge in [0.2, 0.25) is 5.75 Å². The SMILES string of the molecule is CN=C(NCc1cc(OC)c(OC)c(OC)c1)NCc1cc(OC)ccc1OC(F)F.I. The van der Waals surface area contributed by atoms with Crippen molar-refractivity contribution in [2.45, 2.75) is 19.7 Å². The molecule has 0 aliphatic heterocycles.